The lowest BCUT2D eigenvalue weighted by Gasteiger charge is -2.07. The summed E-state index contributed by atoms with van der Waals surface area (Å²) in [4.78, 5) is 0. The lowest BCUT2D eigenvalue weighted by Crippen LogP contribution is -2.16. The summed E-state index contributed by atoms with van der Waals surface area (Å²) in [6.07, 6.45) is 13.2. The van der Waals surface area contributed by atoms with E-state index in [0.29, 0.717) is 0 Å². The van der Waals surface area contributed by atoms with Gasteiger partial charge in [0.15, 0.2) is 0 Å². The van der Waals surface area contributed by atoms with Gasteiger partial charge in [0.05, 0.1) is 9.52 Å². The molecule has 0 saturated heterocycles. The van der Waals surface area contributed by atoms with Crippen molar-refractivity contribution < 1.29 is 0 Å². The Morgan fingerprint density at radius 3 is 2.38 bits per heavy atom. The zero-order valence-electron chi connectivity index (χ0n) is 13.8. The second kappa shape index (κ2) is 9.04. The van der Waals surface area contributed by atoms with Gasteiger partial charge in [0, 0.05) is 0 Å². The van der Waals surface area contributed by atoms with E-state index in [2.05, 4.69) is 50.3 Å². The van der Waals surface area contributed by atoms with Gasteiger partial charge in [-0.3, -0.25) is 0 Å². The molecule has 0 spiro atoms. The molecule has 2 rings (SSSR count). The molecule has 0 N–H and O–H groups in total. The van der Waals surface area contributed by atoms with Gasteiger partial charge in [0.2, 0.25) is 0 Å². The van der Waals surface area contributed by atoms with Crippen LogP contribution < -0.4 is 5.19 Å². The molecule has 0 bridgehead atoms. The zero-order valence-corrected chi connectivity index (χ0v) is 15.2. The Balaban J connectivity index is 1.99. The van der Waals surface area contributed by atoms with Crippen LogP contribution in [0.25, 0.3) is 0 Å². The maximum Gasteiger partial charge on any atom is 0.0832 e. The van der Waals surface area contributed by atoms with E-state index in [1.165, 1.54) is 51.4 Å². The van der Waals surface area contributed by atoms with E-state index < -0.39 is 0 Å². The number of hydrogen-bond acceptors (Lipinski definition) is 0. The van der Waals surface area contributed by atoms with Crippen LogP contribution in [0.2, 0.25) is 0 Å². The van der Waals surface area contributed by atoms with Crippen LogP contribution in [0.5, 0.6) is 0 Å². The highest BCUT2D eigenvalue weighted by Crippen LogP contribution is 2.31. The van der Waals surface area contributed by atoms with Crippen molar-refractivity contribution in [3.8, 4) is 0 Å². The Kier molecular flexibility index (Phi) is 7.01. The van der Waals surface area contributed by atoms with Crippen molar-refractivity contribution in [1.29, 1.82) is 0 Å². The van der Waals surface area contributed by atoms with Gasteiger partial charge in [0.25, 0.3) is 0 Å². The van der Waals surface area contributed by atoms with Gasteiger partial charge < -0.3 is 0 Å². The molecule has 0 atom stereocenters. The Bertz CT molecular complexity index is 482. The molecule has 114 valence electrons. The van der Waals surface area contributed by atoms with Gasteiger partial charge in [-0.05, 0) is 32.1 Å². The molecule has 0 nitrogen and oxygen atoms in total. The highest BCUT2D eigenvalue weighted by atomic mass is 28.2. The first-order valence-corrected chi connectivity index (χ1v) is 10.2. The molecule has 1 heteroatoms. The minimum atomic E-state index is -0.243. The van der Waals surface area contributed by atoms with Crippen molar-refractivity contribution in [3.63, 3.8) is 0 Å². The molecule has 21 heavy (non-hydrogen) atoms. The molecule has 1 aliphatic carbocycles. The molecular formula is C20H30Si. The molecule has 0 fully saturated rings. The van der Waals surface area contributed by atoms with E-state index in [4.69, 9.17) is 0 Å². The van der Waals surface area contributed by atoms with E-state index >= 15 is 0 Å². The largest absolute Gasteiger partial charge is 0.0832 e. The minimum Gasteiger partial charge on any atom is -0.0755 e. The third-order valence-corrected chi connectivity index (χ3v) is 6.44. The fourth-order valence-corrected chi connectivity index (χ4v) is 5.14. The summed E-state index contributed by atoms with van der Waals surface area (Å²) in [6.45, 7) is 4.59. The van der Waals surface area contributed by atoms with Gasteiger partial charge in [-0.2, -0.15) is 0 Å². The van der Waals surface area contributed by atoms with Crippen molar-refractivity contribution in [2.45, 2.75) is 65.2 Å². The summed E-state index contributed by atoms with van der Waals surface area (Å²) >= 11 is 0. The molecule has 1 aliphatic rings. The lowest BCUT2D eigenvalue weighted by molar-refractivity contribution is 0.708. The van der Waals surface area contributed by atoms with E-state index in [9.17, 15) is 0 Å². The van der Waals surface area contributed by atoms with E-state index in [1.54, 1.807) is 16.3 Å². The molecule has 1 aromatic rings. The highest BCUT2D eigenvalue weighted by Gasteiger charge is 2.15. The number of allylic oxidation sites excluding steroid dienone is 4. The van der Waals surface area contributed by atoms with Gasteiger partial charge in [0.1, 0.15) is 0 Å². The van der Waals surface area contributed by atoms with Crippen LogP contribution in [-0.2, 0) is 0 Å². The predicted octanol–water partition coefficient (Wildman–Crippen LogP) is 4.84. The number of hydrogen-bond donors (Lipinski definition) is 0. The molecule has 1 aromatic carbocycles. The van der Waals surface area contributed by atoms with Crippen molar-refractivity contribution >= 4 is 14.7 Å². The summed E-state index contributed by atoms with van der Waals surface area (Å²) in [7, 11) is -0.243. The van der Waals surface area contributed by atoms with E-state index in [1.807, 2.05) is 5.20 Å². The average molecular weight is 299 g/mol. The molecule has 0 radical (unpaired) electrons. The molecule has 0 amide bonds. The highest BCUT2D eigenvalue weighted by molar-refractivity contribution is 6.61. The van der Waals surface area contributed by atoms with Crippen LogP contribution in [0, 0.1) is 0 Å². The van der Waals surface area contributed by atoms with Gasteiger partial charge in [-0.1, -0.05) is 91.0 Å². The maximum atomic E-state index is 2.57. The molecule has 0 unspecified atom stereocenters. The van der Waals surface area contributed by atoms with Crippen LogP contribution in [0.15, 0.2) is 52.8 Å². The molecule has 0 saturated carbocycles. The van der Waals surface area contributed by atoms with Crippen molar-refractivity contribution in [2.24, 2.45) is 0 Å². The standard InChI is InChI=1S/C20H30Si/c1-3-5-8-11-17-15-18(12-6-4-2)20(16-17)21-19-13-9-7-10-14-19/h7,9-10,13-15H,3-6,8,11-12,16,21H2,1-2H3. The molecule has 0 heterocycles. The average Bonchev–Trinajstić information content (AvgIpc) is 2.88. The summed E-state index contributed by atoms with van der Waals surface area (Å²) < 4.78 is 0. The maximum absolute atomic E-state index is 2.57. The third kappa shape index (κ3) is 5.31. The molecule has 0 aliphatic heterocycles. The molecule has 0 aromatic heterocycles. The van der Waals surface area contributed by atoms with Crippen molar-refractivity contribution in [1.82, 2.24) is 0 Å². The zero-order chi connectivity index (χ0) is 14.9. The first-order chi connectivity index (χ1) is 10.3. The topological polar surface area (TPSA) is 0 Å². The minimum absolute atomic E-state index is 0.243. The number of rotatable bonds is 9. The monoisotopic (exact) mass is 298 g/mol. The Labute approximate surface area is 133 Å². The van der Waals surface area contributed by atoms with Crippen LogP contribution >= 0.6 is 0 Å². The Morgan fingerprint density at radius 1 is 0.905 bits per heavy atom. The van der Waals surface area contributed by atoms with E-state index in [0.717, 1.165) is 0 Å². The predicted molar refractivity (Wildman–Crippen MR) is 98.0 cm³/mol. The number of unbranched alkanes of at least 4 members (excludes halogenated alkanes) is 3. The normalized spacial score (nSPS) is 15.2. The fourth-order valence-electron chi connectivity index (χ4n) is 3.18. The fraction of sp³-hybridized carbons (Fsp3) is 0.500. The number of benzene rings is 1. The van der Waals surface area contributed by atoms with Crippen LogP contribution in [0.1, 0.15) is 65.2 Å². The SMILES string of the molecule is CCCCCC1=CC(CCCC)=C([SiH2]c2ccccc2)C1. The Morgan fingerprint density at radius 2 is 1.67 bits per heavy atom. The summed E-state index contributed by atoms with van der Waals surface area (Å²) in [5.74, 6) is 0. The van der Waals surface area contributed by atoms with Gasteiger partial charge >= 0.3 is 0 Å². The summed E-state index contributed by atoms with van der Waals surface area (Å²) in [5.41, 5.74) is 3.42. The Hall–Kier alpha value is -1.08. The second-order valence-electron chi connectivity index (χ2n) is 6.33. The third-order valence-electron chi connectivity index (χ3n) is 4.43. The molecular weight excluding hydrogens is 268 g/mol. The summed E-state index contributed by atoms with van der Waals surface area (Å²) in [6, 6.07) is 11.2. The van der Waals surface area contributed by atoms with Crippen molar-refractivity contribution in [3.05, 3.63) is 52.8 Å². The summed E-state index contributed by atoms with van der Waals surface area (Å²) in [5, 5.41) is 3.42. The quantitative estimate of drug-likeness (QED) is 0.452. The van der Waals surface area contributed by atoms with Gasteiger partial charge in [-0.15, -0.1) is 0 Å². The van der Waals surface area contributed by atoms with Crippen molar-refractivity contribution in [2.75, 3.05) is 0 Å². The van der Waals surface area contributed by atoms with Crippen LogP contribution in [0.3, 0.4) is 0 Å². The first-order valence-electron chi connectivity index (χ1n) is 8.77. The lowest BCUT2D eigenvalue weighted by atomic mass is 10.1. The smallest absolute Gasteiger partial charge is 0.0755 e. The van der Waals surface area contributed by atoms with Crippen LogP contribution in [0.4, 0.5) is 0 Å². The van der Waals surface area contributed by atoms with E-state index in [-0.39, 0.29) is 9.52 Å². The first kappa shape index (κ1) is 16.3. The van der Waals surface area contributed by atoms with Gasteiger partial charge in [-0.25, -0.2) is 0 Å². The van der Waals surface area contributed by atoms with Crippen LogP contribution in [-0.4, -0.2) is 9.52 Å². The second-order valence-corrected chi connectivity index (χ2v) is 8.35.